The van der Waals surface area contributed by atoms with Gasteiger partial charge in [-0.15, -0.1) is 0 Å². The number of amides is 2. The first kappa shape index (κ1) is 12.6. The lowest BCUT2D eigenvalue weighted by Crippen LogP contribution is -2.21. The van der Waals surface area contributed by atoms with Crippen molar-refractivity contribution in [3.63, 3.8) is 0 Å². The quantitative estimate of drug-likeness (QED) is 0.768. The van der Waals surface area contributed by atoms with Crippen molar-refractivity contribution in [3.8, 4) is 0 Å². The number of aromatic carboxylic acids is 1. The van der Waals surface area contributed by atoms with Crippen molar-refractivity contribution < 1.29 is 14.7 Å². The fourth-order valence-corrected chi connectivity index (χ4v) is 1.40. The van der Waals surface area contributed by atoms with Crippen molar-refractivity contribution in [2.75, 3.05) is 10.6 Å². The number of urea groups is 1. The molecule has 1 aromatic heterocycles. The summed E-state index contributed by atoms with van der Waals surface area (Å²) in [6, 6.07) is 5.40. The van der Waals surface area contributed by atoms with Crippen LogP contribution < -0.4 is 10.6 Å². The maximum atomic E-state index is 11.7. The number of carbonyl (C=O) groups is 2. The van der Waals surface area contributed by atoms with E-state index >= 15 is 0 Å². The van der Waals surface area contributed by atoms with Crippen LogP contribution in [0, 0.1) is 0 Å². The number of anilines is 2. The Bertz CT molecular complexity index is 622. The number of benzene rings is 1. The molecule has 19 heavy (non-hydrogen) atoms. The van der Waals surface area contributed by atoms with Gasteiger partial charge in [0.05, 0.1) is 5.56 Å². The smallest absolute Gasteiger partial charge is 0.335 e. The maximum Gasteiger partial charge on any atom is 0.335 e. The van der Waals surface area contributed by atoms with Crippen LogP contribution in [0.1, 0.15) is 10.4 Å². The molecule has 3 N–H and O–H groups in total. The van der Waals surface area contributed by atoms with E-state index in [1.165, 1.54) is 23.1 Å². The fourth-order valence-electron chi connectivity index (χ4n) is 1.40. The molecule has 0 unspecified atom stereocenters. The standard InChI is InChI=1S/C11H11N5O3/c1-16-10(12-6-13-16)15-11(19)14-8-4-2-3-7(5-8)9(17)18/h2-6H,1H3,(H,17,18)(H2,12,13,14,15,19). The van der Waals surface area contributed by atoms with Gasteiger partial charge in [0.25, 0.3) is 0 Å². The van der Waals surface area contributed by atoms with E-state index in [1.807, 2.05) is 0 Å². The van der Waals surface area contributed by atoms with Gasteiger partial charge in [0, 0.05) is 12.7 Å². The van der Waals surface area contributed by atoms with E-state index in [9.17, 15) is 9.59 Å². The molecular weight excluding hydrogens is 250 g/mol. The van der Waals surface area contributed by atoms with Gasteiger partial charge in [-0.25, -0.2) is 14.3 Å². The first-order valence-electron chi connectivity index (χ1n) is 5.31. The Labute approximate surface area is 108 Å². The molecule has 8 nitrogen and oxygen atoms in total. The molecule has 0 bridgehead atoms. The number of aryl methyl sites for hydroxylation is 1. The van der Waals surface area contributed by atoms with Gasteiger partial charge in [-0.05, 0) is 18.2 Å². The van der Waals surface area contributed by atoms with Gasteiger partial charge < -0.3 is 10.4 Å². The van der Waals surface area contributed by atoms with Gasteiger partial charge in [0.1, 0.15) is 6.33 Å². The monoisotopic (exact) mass is 261 g/mol. The number of nitrogens with zero attached hydrogens (tertiary/aromatic N) is 3. The second-order valence-electron chi connectivity index (χ2n) is 3.67. The van der Waals surface area contributed by atoms with Gasteiger partial charge >= 0.3 is 12.0 Å². The zero-order valence-corrected chi connectivity index (χ0v) is 9.99. The maximum absolute atomic E-state index is 11.7. The van der Waals surface area contributed by atoms with E-state index in [1.54, 1.807) is 19.2 Å². The first-order chi connectivity index (χ1) is 9.06. The summed E-state index contributed by atoms with van der Waals surface area (Å²) in [7, 11) is 1.63. The predicted molar refractivity (Wildman–Crippen MR) is 67.0 cm³/mol. The van der Waals surface area contributed by atoms with E-state index in [-0.39, 0.29) is 11.5 Å². The lowest BCUT2D eigenvalue weighted by molar-refractivity contribution is 0.0697. The summed E-state index contributed by atoms with van der Waals surface area (Å²) >= 11 is 0. The Morgan fingerprint density at radius 1 is 1.32 bits per heavy atom. The van der Waals surface area contributed by atoms with E-state index in [2.05, 4.69) is 20.7 Å². The molecule has 2 rings (SSSR count). The van der Waals surface area contributed by atoms with Crippen molar-refractivity contribution >= 4 is 23.6 Å². The number of hydrogen-bond donors (Lipinski definition) is 3. The van der Waals surface area contributed by atoms with Crippen LogP contribution in [0.2, 0.25) is 0 Å². The van der Waals surface area contributed by atoms with Crippen molar-refractivity contribution in [1.29, 1.82) is 0 Å². The Kier molecular flexibility index (Phi) is 3.42. The zero-order chi connectivity index (χ0) is 13.8. The summed E-state index contributed by atoms with van der Waals surface area (Å²) in [4.78, 5) is 26.3. The lowest BCUT2D eigenvalue weighted by atomic mass is 10.2. The largest absolute Gasteiger partial charge is 0.478 e. The van der Waals surface area contributed by atoms with Crippen molar-refractivity contribution in [3.05, 3.63) is 36.2 Å². The molecule has 0 saturated carbocycles. The number of rotatable bonds is 3. The molecule has 0 radical (unpaired) electrons. The van der Waals surface area contributed by atoms with Crippen molar-refractivity contribution in [2.24, 2.45) is 7.05 Å². The number of nitrogens with one attached hydrogen (secondary N) is 2. The zero-order valence-electron chi connectivity index (χ0n) is 9.99. The van der Waals surface area contributed by atoms with Crippen LogP contribution >= 0.6 is 0 Å². The van der Waals surface area contributed by atoms with Gasteiger partial charge in [-0.2, -0.15) is 10.1 Å². The lowest BCUT2D eigenvalue weighted by Gasteiger charge is -2.07. The van der Waals surface area contributed by atoms with E-state index < -0.39 is 12.0 Å². The number of aromatic nitrogens is 3. The Hall–Kier alpha value is -2.90. The molecular formula is C11H11N5O3. The SMILES string of the molecule is Cn1ncnc1NC(=O)Nc1cccc(C(=O)O)c1. The summed E-state index contributed by atoms with van der Waals surface area (Å²) in [6.45, 7) is 0. The predicted octanol–water partition coefficient (Wildman–Crippen LogP) is 1.16. The van der Waals surface area contributed by atoms with Gasteiger partial charge in [-0.3, -0.25) is 5.32 Å². The molecule has 0 spiro atoms. The molecule has 2 amide bonds. The molecule has 98 valence electrons. The topological polar surface area (TPSA) is 109 Å². The molecule has 0 aliphatic carbocycles. The second-order valence-corrected chi connectivity index (χ2v) is 3.67. The Morgan fingerprint density at radius 3 is 2.74 bits per heavy atom. The molecule has 1 heterocycles. The Balaban J connectivity index is 2.05. The van der Waals surface area contributed by atoms with E-state index in [4.69, 9.17) is 5.11 Å². The van der Waals surface area contributed by atoms with Gasteiger partial charge in [-0.1, -0.05) is 6.07 Å². The highest BCUT2D eigenvalue weighted by Crippen LogP contribution is 2.11. The first-order valence-corrected chi connectivity index (χ1v) is 5.31. The normalized spacial score (nSPS) is 9.95. The summed E-state index contributed by atoms with van der Waals surface area (Å²) < 4.78 is 1.40. The summed E-state index contributed by atoms with van der Waals surface area (Å²) in [5.74, 6) is -0.774. The summed E-state index contributed by atoms with van der Waals surface area (Å²) in [6.07, 6.45) is 1.31. The van der Waals surface area contributed by atoms with Crippen LogP contribution in [0.4, 0.5) is 16.4 Å². The highest BCUT2D eigenvalue weighted by atomic mass is 16.4. The molecule has 0 aliphatic heterocycles. The molecule has 0 fully saturated rings. The number of carboxylic acid groups (broad SMARTS) is 1. The van der Waals surface area contributed by atoms with Crippen molar-refractivity contribution in [2.45, 2.75) is 0 Å². The van der Waals surface area contributed by atoms with Gasteiger partial charge in [0.2, 0.25) is 5.95 Å². The average molecular weight is 261 g/mol. The number of carboxylic acids is 1. The number of hydrogen-bond acceptors (Lipinski definition) is 4. The number of carbonyl (C=O) groups excluding carboxylic acids is 1. The second kappa shape index (κ2) is 5.17. The minimum Gasteiger partial charge on any atom is -0.478 e. The third-order valence-corrected chi connectivity index (χ3v) is 2.30. The molecule has 0 saturated heterocycles. The third-order valence-electron chi connectivity index (χ3n) is 2.30. The molecule has 0 aliphatic rings. The van der Waals surface area contributed by atoms with E-state index in [0.717, 1.165) is 0 Å². The Morgan fingerprint density at radius 2 is 2.11 bits per heavy atom. The highest BCUT2D eigenvalue weighted by Gasteiger charge is 2.08. The van der Waals surface area contributed by atoms with E-state index in [0.29, 0.717) is 5.69 Å². The van der Waals surface area contributed by atoms with Gasteiger partial charge in [0.15, 0.2) is 0 Å². The van der Waals surface area contributed by atoms with Crippen molar-refractivity contribution in [1.82, 2.24) is 14.8 Å². The molecule has 0 atom stereocenters. The van der Waals surface area contributed by atoms with Crippen LogP contribution in [0.25, 0.3) is 0 Å². The minimum absolute atomic E-state index is 0.0939. The van der Waals surface area contributed by atoms with Crippen LogP contribution in [-0.4, -0.2) is 31.9 Å². The summed E-state index contributed by atoms with van der Waals surface area (Å²) in [5, 5.41) is 17.6. The third kappa shape index (κ3) is 3.06. The molecule has 1 aromatic carbocycles. The van der Waals surface area contributed by atoms with Crippen LogP contribution in [0.15, 0.2) is 30.6 Å². The van der Waals surface area contributed by atoms with Crippen LogP contribution in [0.3, 0.4) is 0 Å². The van der Waals surface area contributed by atoms with Crippen LogP contribution in [-0.2, 0) is 7.05 Å². The average Bonchev–Trinajstić information content (AvgIpc) is 2.75. The minimum atomic E-state index is -1.06. The molecule has 8 heteroatoms. The molecule has 2 aromatic rings. The van der Waals surface area contributed by atoms with Crippen LogP contribution in [0.5, 0.6) is 0 Å². The summed E-state index contributed by atoms with van der Waals surface area (Å²) in [5.41, 5.74) is 0.469. The highest BCUT2D eigenvalue weighted by molar-refractivity contribution is 5.99. The fraction of sp³-hybridized carbons (Fsp3) is 0.0909.